The lowest BCUT2D eigenvalue weighted by molar-refractivity contribution is -0.122. The van der Waals surface area contributed by atoms with Crippen molar-refractivity contribution >= 4 is 29.3 Å². The Morgan fingerprint density at radius 1 is 1.08 bits per heavy atom. The average molecular weight is 370 g/mol. The van der Waals surface area contributed by atoms with E-state index in [1.807, 2.05) is 12.2 Å². The second kappa shape index (κ2) is 8.47. The van der Waals surface area contributed by atoms with Crippen molar-refractivity contribution in [2.24, 2.45) is 0 Å². The van der Waals surface area contributed by atoms with Crippen molar-refractivity contribution in [1.29, 1.82) is 0 Å². The molecular formula is C15H13F3N4O2S. The van der Waals surface area contributed by atoms with E-state index >= 15 is 0 Å². The predicted molar refractivity (Wildman–Crippen MR) is 85.4 cm³/mol. The molecule has 132 valence electrons. The maximum atomic E-state index is 13.4. The monoisotopic (exact) mass is 370 g/mol. The summed E-state index contributed by atoms with van der Waals surface area (Å²) in [5.74, 6) is -5.82. The summed E-state index contributed by atoms with van der Waals surface area (Å²) in [4.78, 5) is 31.3. The highest BCUT2D eigenvalue weighted by atomic mass is 32.2. The fourth-order valence-corrected chi connectivity index (χ4v) is 2.25. The first-order chi connectivity index (χ1) is 11.9. The van der Waals surface area contributed by atoms with Gasteiger partial charge >= 0.3 is 0 Å². The highest BCUT2D eigenvalue weighted by Crippen LogP contribution is 2.19. The minimum atomic E-state index is -1.68. The zero-order valence-corrected chi connectivity index (χ0v) is 13.8. The van der Waals surface area contributed by atoms with Gasteiger partial charge in [-0.1, -0.05) is 11.8 Å². The number of hydrogen-bond acceptors (Lipinski definition) is 5. The Kier molecular flexibility index (Phi) is 6.34. The quantitative estimate of drug-likeness (QED) is 0.462. The first-order valence-electron chi connectivity index (χ1n) is 6.98. The van der Waals surface area contributed by atoms with Crippen molar-refractivity contribution in [2.45, 2.75) is 12.1 Å². The van der Waals surface area contributed by atoms with Crippen molar-refractivity contribution in [3.63, 3.8) is 0 Å². The molecule has 0 saturated heterocycles. The lowest BCUT2D eigenvalue weighted by atomic mass is 10.2. The van der Waals surface area contributed by atoms with Crippen LogP contribution in [0, 0.1) is 24.4 Å². The van der Waals surface area contributed by atoms with Crippen LogP contribution in [0.15, 0.2) is 29.7 Å². The lowest BCUT2D eigenvalue weighted by Gasteiger charge is -2.08. The molecule has 0 aliphatic heterocycles. The third kappa shape index (κ3) is 5.45. The number of amides is 2. The maximum Gasteiger partial charge on any atom is 0.243 e. The summed E-state index contributed by atoms with van der Waals surface area (Å²) in [6.07, 6.45) is 3.22. The van der Waals surface area contributed by atoms with E-state index in [2.05, 4.69) is 15.3 Å². The molecule has 0 fully saturated rings. The van der Waals surface area contributed by atoms with Gasteiger partial charge in [-0.3, -0.25) is 9.59 Å². The molecule has 1 heterocycles. The summed E-state index contributed by atoms with van der Waals surface area (Å²) in [6.45, 7) is 1.38. The smallest absolute Gasteiger partial charge is 0.243 e. The van der Waals surface area contributed by atoms with E-state index in [0.29, 0.717) is 11.2 Å². The minimum absolute atomic E-state index is 0.0180. The van der Waals surface area contributed by atoms with Crippen LogP contribution >= 0.6 is 11.8 Å². The third-order valence-corrected chi connectivity index (χ3v) is 3.72. The summed E-state index contributed by atoms with van der Waals surface area (Å²) in [5.41, 5.74) is 0.371. The van der Waals surface area contributed by atoms with Crippen molar-refractivity contribution in [2.75, 3.05) is 17.6 Å². The van der Waals surface area contributed by atoms with Gasteiger partial charge in [-0.25, -0.2) is 23.1 Å². The number of rotatable bonds is 6. The Morgan fingerprint density at radius 2 is 1.76 bits per heavy atom. The number of carbonyl (C=O) groups excluding carboxylic acids is 2. The minimum Gasteiger partial charge on any atom is -0.346 e. The Morgan fingerprint density at radius 3 is 2.44 bits per heavy atom. The summed E-state index contributed by atoms with van der Waals surface area (Å²) < 4.78 is 39.3. The fourth-order valence-electron chi connectivity index (χ4n) is 1.63. The van der Waals surface area contributed by atoms with E-state index in [1.54, 1.807) is 12.4 Å². The second-order valence-electron chi connectivity index (χ2n) is 4.88. The van der Waals surface area contributed by atoms with Crippen LogP contribution in [0.4, 0.5) is 18.9 Å². The molecular weight excluding hydrogens is 357 g/mol. The number of halogens is 3. The number of aryl methyl sites for hydroxylation is 1. The van der Waals surface area contributed by atoms with Crippen molar-refractivity contribution in [3.8, 4) is 0 Å². The van der Waals surface area contributed by atoms with Crippen LogP contribution in [0.1, 0.15) is 5.56 Å². The zero-order chi connectivity index (χ0) is 18.4. The standard InChI is InChI=1S/C15H13F3N4O2S/c1-8-4-20-15(21-5-8)25-7-12(24)19-6-11(23)22-10-3-2-9(16)13(17)14(10)18/h2-5H,6-7H2,1H3,(H,19,24)(H,22,23). The van der Waals surface area contributed by atoms with Crippen LogP contribution in [0.3, 0.4) is 0 Å². The van der Waals surface area contributed by atoms with Gasteiger partial charge in [-0.2, -0.15) is 0 Å². The summed E-state index contributed by atoms with van der Waals surface area (Å²) >= 11 is 1.08. The highest BCUT2D eigenvalue weighted by molar-refractivity contribution is 7.99. The molecule has 25 heavy (non-hydrogen) atoms. The summed E-state index contributed by atoms with van der Waals surface area (Å²) in [6, 6.07) is 1.57. The fraction of sp³-hybridized carbons (Fsp3) is 0.200. The van der Waals surface area contributed by atoms with Gasteiger partial charge < -0.3 is 10.6 Å². The molecule has 0 spiro atoms. The molecule has 1 aromatic heterocycles. The molecule has 6 nitrogen and oxygen atoms in total. The second-order valence-corrected chi connectivity index (χ2v) is 5.82. The van der Waals surface area contributed by atoms with Crippen LogP contribution in [0.25, 0.3) is 0 Å². The van der Waals surface area contributed by atoms with Gasteiger partial charge in [0.2, 0.25) is 11.8 Å². The molecule has 0 bridgehead atoms. The van der Waals surface area contributed by atoms with E-state index in [1.165, 1.54) is 0 Å². The SMILES string of the molecule is Cc1cnc(SCC(=O)NCC(=O)Nc2ccc(F)c(F)c2F)nc1. The van der Waals surface area contributed by atoms with E-state index in [4.69, 9.17) is 0 Å². The van der Waals surface area contributed by atoms with Gasteiger partial charge in [0, 0.05) is 12.4 Å². The van der Waals surface area contributed by atoms with Gasteiger partial charge in [-0.15, -0.1) is 0 Å². The van der Waals surface area contributed by atoms with Crippen LogP contribution < -0.4 is 10.6 Å². The first-order valence-corrected chi connectivity index (χ1v) is 7.97. The van der Waals surface area contributed by atoms with E-state index in [0.717, 1.165) is 23.4 Å². The van der Waals surface area contributed by atoms with Gasteiger partial charge in [0.1, 0.15) is 0 Å². The largest absolute Gasteiger partial charge is 0.346 e. The number of anilines is 1. The lowest BCUT2D eigenvalue weighted by Crippen LogP contribution is -2.34. The third-order valence-electron chi connectivity index (χ3n) is 2.84. The van der Waals surface area contributed by atoms with E-state index < -0.39 is 41.5 Å². The molecule has 0 aliphatic rings. The topological polar surface area (TPSA) is 84.0 Å². The van der Waals surface area contributed by atoms with Gasteiger partial charge in [0.25, 0.3) is 0 Å². The van der Waals surface area contributed by atoms with Gasteiger partial charge in [0.05, 0.1) is 18.0 Å². The summed E-state index contributed by atoms with van der Waals surface area (Å²) in [5, 5.41) is 4.77. The predicted octanol–water partition coefficient (Wildman–Crippen LogP) is 2.05. The molecule has 0 saturated carbocycles. The number of thioether (sulfide) groups is 1. The number of nitrogens with one attached hydrogen (secondary N) is 2. The zero-order valence-electron chi connectivity index (χ0n) is 13.0. The Bertz CT molecular complexity index is 787. The molecule has 1 aromatic carbocycles. The molecule has 0 aliphatic carbocycles. The normalized spacial score (nSPS) is 10.4. The van der Waals surface area contributed by atoms with Crippen LogP contribution in [0.2, 0.25) is 0 Å². The Balaban J connectivity index is 1.78. The average Bonchev–Trinajstić information content (AvgIpc) is 2.60. The van der Waals surface area contributed by atoms with Crippen molar-refractivity contribution in [1.82, 2.24) is 15.3 Å². The molecule has 2 aromatic rings. The van der Waals surface area contributed by atoms with Crippen molar-refractivity contribution in [3.05, 3.63) is 47.5 Å². The van der Waals surface area contributed by atoms with Gasteiger partial charge in [0.15, 0.2) is 22.6 Å². The molecule has 2 amide bonds. The first kappa shape index (κ1) is 18.7. The van der Waals surface area contributed by atoms with E-state index in [9.17, 15) is 22.8 Å². The van der Waals surface area contributed by atoms with Crippen LogP contribution in [0.5, 0.6) is 0 Å². The van der Waals surface area contributed by atoms with Crippen LogP contribution in [-0.2, 0) is 9.59 Å². The van der Waals surface area contributed by atoms with E-state index in [-0.39, 0.29) is 5.75 Å². The number of carbonyl (C=O) groups is 2. The molecule has 2 rings (SSSR count). The molecule has 0 atom stereocenters. The van der Waals surface area contributed by atoms with Gasteiger partial charge in [-0.05, 0) is 24.6 Å². The number of aromatic nitrogens is 2. The molecule has 0 unspecified atom stereocenters. The molecule has 2 N–H and O–H groups in total. The number of benzene rings is 1. The summed E-state index contributed by atoms with van der Waals surface area (Å²) in [7, 11) is 0. The van der Waals surface area contributed by atoms with Crippen molar-refractivity contribution < 1.29 is 22.8 Å². The highest BCUT2D eigenvalue weighted by Gasteiger charge is 2.15. The molecule has 10 heteroatoms. The van der Waals surface area contributed by atoms with Crippen LogP contribution in [-0.4, -0.2) is 34.1 Å². The number of hydrogen-bond donors (Lipinski definition) is 2. The Hall–Kier alpha value is -2.62. The maximum absolute atomic E-state index is 13.4. The Labute approximate surface area is 145 Å². The molecule has 0 radical (unpaired) electrons. The number of nitrogens with zero attached hydrogens (tertiary/aromatic N) is 2.